The number of nitrogens with zero attached hydrogens (tertiary/aromatic N) is 1. The van der Waals surface area contributed by atoms with E-state index in [9.17, 15) is 24.3 Å². The Hall–Kier alpha value is -3.92. The van der Waals surface area contributed by atoms with E-state index in [2.05, 4.69) is 0 Å². The van der Waals surface area contributed by atoms with E-state index in [-0.39, 0.29) is 32.5 Å². The minimum Gasteiger partial charge on any atom is -0.480 e. The van der Waals surface area contributed by atoms with Crippen molar-refractivity contribution in [1.29, 1.82) is 0 Å². The van der Waals surface area contributed by atoms with Gasteiger partial charge in [0.1, 0.15) is 25.3 Å². The Bertz CT molecular complexity index is 880. The minimum absolute atomic E-state index is 0.0366. The van der Waals surface area contributed by atoms with Crippen LogP contribution >= 0.6 is 0 Å². The summed E-state index contributed by atoms with van der Waals surface area (Å²) >= 11 is 0. The Balaban J connectivity index is 2.14. The van der Waals surface area contributed by atoms with E-state index in [1.807, 2.05) is 0 Å². The molecule has 2 atom stereocenters. The summed E-state index contributed by atoms with van der Waals surface area (Å²) < 4.78 is 10.3. The van der Waals surface area contributed by atoms with Crippen LogP contribution < -0.4 is 5.73 Å². The SMILES string of the molecule is N[C@H](CCC[C@@H](C(=O)O)N(C(=O)OCc1ccccc1)C(=O)OCc1ccccc1)C(=O)O. The van der Waals surface area contributed by atoms with Crippen molar-refractivity contribution in [2.24, 2.45) is 5.73 Å². The summed E-state index contributed by atoms with van der Waals surface area (Å²) in [5.41, 5.74) is 6.74. The summed E-state index contributed by atoms with van der Waals surface area (Å²) in [6.07, 6.45) is -2.60. The molecule has 176 valence electrons. The number of amides is 2. The van der Waals surface area contributed by atoms with Crippen LogP contribution in [0.3, 0.4) is 0 Å². The summed E-state index contributed by atoms with van der Waals surface area (Å²) in [7, 11) is 0. The molecule has 0 aromatic heterocycles. The molecule has 0 spiro atoms. The lowest BCUT2D eigenvalue weighted by Gasteiger charge is -2.26. The number of imide groups is 1. The Morgan fingerprint density at radius 2 is 1.21 bits per heavy atom. The van der Waals surface area contributed by atoms with Crippen LogP contribution in [0, 0.1) is 0 Å². The number of rotatable bonds is 11. The fraction of sp³-hybridized carbons (Fsp3) is 0.304. The molecule has 10 heteroatoms. The first-order chi connectivity index (χ1) is 15.8. The molecule has 2 aromatic rings. The molecule has 2 aromatic carbocycles. The van der Waals surface area contributed by atoms with Crippen molar-refractivity contribution in [3.05, 3.63) is 71.8 Å². The van der Waals surface area contributed by atoms with Crippen molar-refractivity contribution in [3.8, 4) is 0 Å². The normalized spacial score (nSPS) is 12.3. The van der Waals surface area contributed by atoms with Gasteiger partial charge in [0.05, 0.1) is 0 Å². The quantitative estimate of drug-likeness (QED) is 0.460. The van der Waals surface area contributed by atoms with Crippen molar-refractivity contribution in [2.45, 2.75) is 44.6 Å². The van der Waals surface area contributed by atoms with E-state index < -0.39 is 36.2 Å². The number of benzene rings is 2. The number of carboxylic acids is 2. The number of hydrogen-bond donors (Lipinski definition) is 3. The second-order valence-electron chi connectivity index (χ2n) is 7.18. The lowest BCUT2D eigenvalue weighted by atomic mass is 10.1. The van der Waals surface area contributed by atoms with Crippen LogP contribution in [0.1, 0.15) is 30.4 Å². The smallest absolute Gasteiger partial charge is 0.420 e. The van der Waals surface area contributed by atoms with Crippen molar-refractivity contribution in [1.82, 2.24) is 4.90 Å². The van der Waals surface area contributed by atoms with E-state index in [1.165, 1.54) is 0 Å². The number of carboxylic acid groups (broad SMARTS) is 2. The fourth-order valence-electron chi connectivity index (χ4n) is 2.92. The molecule has 0 aliphatic carbocycles. The van der Waals surface area contributed by atoms with Crippen LogP contribution in [0.25, 0.3) is 0 Å². The monoisotopic (exact) mass is 458 g/mol. The molecule has 2 rings (SSSR count). The van der Waals surface area contributed by atoms with Crippen LogP contribution in [0.4, 0.5) is 9.59 Å². The first-order valence-electron chi connectivity index (χ1n) is 10.2. The van der Waals surface area contributed by atoms with Gasteiger partial charge in [-0.25, -0.2) is 14.4 Å². The Kier molecular flexibility index (Phi) is 9.84. The zero-order chi connectivity index (χ0) is 24.2. The number of ether oxygens (including phenoxy) is 2. The summed E-state index contributed by atoms with van der Waals surface area (Å²) in [5.74, 6) is -2.70. The van der Waals surface area contributed by atoms with Crippen molar-refractivity contribution in [3.63, 3.8) is 0 Å². The zero-order valence-corrected chi connectivity index (χ0v) is 17.8. The topological polar surface area (TPSA) is 156 Å². The second kappa shape index (κ2) is 12.8. The van der Waals surface area contributed by atoms with Gasteiger partial charge in [-0.3, -0.25) is 4.79 Å². The number of nitrogens with two attached hydrogens (primary N) is 1. The predicted octanol–water partition coefficient (Wildman–Crippen LogP) is 3.00. The standard InChI is InChI=1S/C23H26N2O8/c24-18(20(26)27)12-7-13-19(21(28)29)25(22(30)32-14-16-8-3-1-4-9-16)23(31)33-15-17-10-5-2-6-11-17/h1-6,8-11,18-19H,7,12-15,24H2,(H,26,27)(H,28,29)/t18-,19+/m1/s1. The third kappa shape index (κ3) is 8.26. The van der Waals surface area contributed by atoms with Gasteiger partial charge < -0.3 is 25.4 Å². The van der Waals surface area contributed by atoms with Crippen LogP contribution in [-0.2, 0) is 32.3 Å². The highest BCUT2D eigenvalue weighted by atomic mass is 16.6. The number of hydrogen-bond acceptors (Lipinski definition) is 7. The highest BCUT2D eigenvalue weighted by molar-refractivity contribution is 5.93. The maximum atomic E-state index is 12.7. The first-order valence-corrected chi connectivity index (χ1v) is 10.2. The molecular formula is C23H26N2O8. The lowest BCUT2D eigenvalue weighted by Crippen LogP contribution is -2.49. The Morgan fingerprint density at radius 1 is 0.758 bits per heavy atom. The van der Waals surface area contributed by atoms with Gasteiger partial charge in [0.25, 0.3) is 0 Å². The van der Waals surface area contributed by atoms with Crippen LogP contribution in [0.15, 0.2) is 60.7 Å². The molecule has 33 heavy (non-hydrogen) atoms. The van der Waals surface area contributed by atoms with Gasteiger partial charge in [0, 0.05) is 0 Å². The van der Waals surface area contributed by atoms with Gasteiger partial charge in [0.2, 0.25) is 0 Å². The lowest BCUT2D eigenvalue weighted by molar-refractivity contribution is -0.142. The van der Waals surface area contributed by atoms with Gasteiger partial charge in [-0.2, -0.15) is 4.90 Å². The zero-order valence-electron chi connectivity index (χ0n) is 17.8. The molecule has 2 amide bonds. The minimum atomic E-state index is -1.63. The second-order valence-corrected chi connectivity index (χ2v) is 7.18. The maximum absolute atomic E-state index is 12.7. The Morgan fingerprint density at radius 3 is 1.61 bits per heavy atom. The molecule has 0 heterocycles. The number of carbonyl (C=O) groups is 4. The van der Waals surface area contributed by atoms with Crippen LogP contribution in [0.5, 0.6) is 0 Å². The molecule has 0 bridgehead atoms. The number of carbonyl (C=O) groups excluding carboxylic acids is 2. The molecular weight excluding hydrogens is 432 g/mol. The predicted molar refractivity (Wildman–Crippen MR) is 116 cm³/mol. The molecule has 0 radical (unpaired) electrons. The molecule has 0 saturated carbocycles. The van der Waals surface area contributed by atoms with Gasteiger partial charge in [-0.15, -0.1) is 0 Å². The number of aliphatic carboxylic acids is 2. The van der Waals surface area contributed by atoms with Gasteiger partial charge in [-0.1, -0.05) is 60.7 Å². The summed E-state index contributed by atoms with van der Waals surface area (Å²) in [6, 6.07) is 14.5. The van der Waals surface area contributed by atoms with Crippen LogP contribution in [-0.4, -0.2) is 51.3 Å². The van der Waals surface area contributed by atoms with Gasteiger partial charge in [0.15, 0.2) is 0 Å². The van der Waals surface area contributed by atoms with Crippen molar-refractivity contribution < 1.29 is 38.9 Å². The first kappa shape index (κ1) is 25.3. The summed E-state index contributed by atoms with van der Waals surface area (Å²) in [5, 5.41) is 18.6. The molecule has 0 aliphatic rings. The Labute approximate surface area is 190 Å². The van der Waals surface area contributed by atoms with E-state index in [1.54, 1.807) is 60.7 Å². The van der Waals surface area contributed by atoms with E-state index >= 15 is 0 Å². The third-order valence-electron chi connectivity index (χ3n) is 4.71. The largest absolute Gasteiger partial charge is 0.480 e. The average molecular weight is 458 g/mol. The third-order valence-corrected chi connectivity index (χ3v) is 4.71. The fourth-order valence-corrected chi connectivity index (χ4v) is 2.92. The van der Waals surface area contributed by atoms with Gasteiger partial charge in [-0.05, 0) is 30.4 Å². The molecule has 0 aliphatic heterocycles. The van der Waals surface area contributed by atoms with Gasteiger partial charge >= 0.3 is 24.1 Å². The highest BCUT2D eigenvalue weighted by Gasteiger charge is 2.37. The highest BCUT2D eigenvalue weighted by Crippen LogP contribution is 2.16. The average Bonchev–Trinajstić information content (AvgIpc) is 2.81. The molecule has 4 N–H and O–H groups in total. The molecule has 10 nitrogen and oxygen atoms in total. The van der Waals surface area contributed by atoms with Crippen LogP contribution in [0.2, 0.25) is 0 Å². The van der Waals surface area contributed by atoms with E-state index in [4.69, 9.17) is 20.3 Å². The summed E-state index contributed by atoms with van der Waals surface area (Å²) in [6.45, 7) is -0.364. The molecule has 0 unspecified atom stereocenters. The molecule has 0 fully saturated rings. The van der Waals surface area contributed by atoms with E-state index in [0.717, 1.165) is 0 Å². The summed E-state index contributed by atoms with van der Waals surface area (Å²) in [4.78, 5) is 48.7. The molecule has 0 saturated heterocycles. The van der Waals surface area contributed by atoms with Crippen molar-refractivity contribution >= 4 is 24.1 Å². The van der Waals surface area contributed by atoms with E-state index in [0.29, 0.717) is 16.0 Å². The van der Waals surface area contributed by atoms with Crippen molar-refractivity contribution in [2.75, 3.05) is 0 Å². The maximum Gasteiger partial charge on any atom is 0.420 e.